The summed E-state index contributed by atoms with van der Waals surface area (Å²) in [5.41, 5.74) is 0.469. The van der Waals surface area contributed by atoms with Gasteiger partial charge in [0.15, 0.2) is 0 Å². The first-order chi connectivity index (χ1) is 13.4. The molecule has 2 unspecified atom stereocenters. The van der Waals surface area contributed by atoms with E-state index >= 15 is 0 Å². The van der Waals surface area contributed by atoms with Crippen molar-refractivity contribution < 1.29 is 22.8 Å². The van der Waals surface area contributed by atoms with Crippen LogP contribution in [0.5, 0.6) is 0 Å². The van der Waals surface area contributed by atoms with Gasteiger partial charge >= 0.3 is 6.18 Å². The van der Waals surface area contributed by atoms with Gasteiger partial charge in [-0.2, -0.15) is 13.2 Å². The van der Waals surface area contributed by atoms with Gasteiger partial charge in [0.25, 0.3) is 5.91 Å². The molecular formula is C19H25F3N4O2. The van der Waals surface area contributed by atoms with E-state index in [9.17, 15) is 22.8 Å². The maximum Gasteiger partial charge on any atom is 0.405 e. The Labute approximate surface area is 162 Å². The molecule has 2 aliphatic heterocycles. The Bertz CT molecular complexity index is 678. The number of halogens is 3. The van der Waals surface area contributed by atoms with Crippen LogP contribution in [0.2, 0.25) is 0 Å². The molecule has 0 radical (unpaired) electrons. The van der Waals surface area contributed by atoms with Crippen LogP contribution in [0.25, 0.3) is 0 Å². The average molecular weight is 398 g/mol. The predicted octanol–water partition coefficient (Wildman–Crippen LogP) is 1.24. The van der Waals surface area contributed by atoms with Crippen molar-refractivity contribution in [2.75, 3.05) is 39.3 Å². The molecule has 1 aromatic carbocycles. The minimum Gasteiger partial charge on any atom is -0.352 e. The second-order valence-corrected chi connectivity index (χ2v) is 7.11. The van der Waals surface area contributed by atoms with Crippen LogP contribution >= 0.6 is 0 Å². The zero-order valence-corrected chi connectivity index (χ0v) is 15.5. The lowest BCUT2D eigenvalue weighted by Crippen LogP contribution is -2.58. The van der Waals surface area contributed by atoms with Crippen molar-refractivity contribution in [2.45, 2.75) is 31.1 Å². The van der Waals surface area contributed by atoms with Crippen LogP contribution in [-0.4, -0.2) is 79.1 Å². The lowest BCUT2D eigenvalue weighted by atomic mass is 10.1. The van der Waals surface area contributed by atoms with Gasteiger partial charge in [0.2, 0.25) is 5.91 Å². The van der Waals surface area contributed by atoms with E-state index in [-0.39, 0.29) is 19.0 Å². The Kier molecular flexibility index (Phi) is 6.56. The molecular weight excluding hydrogens is 373 g/mol. The van der Waals surface area contributed by atoms with Gasteiger partial charge in [-0.1, -0.05) is 18.2 Å². The van der Waals surface area contributed by atoms with Gasteiger partial charge in [0.1, 0.15) is 12.1 Å². The van der Waals surface area contributed by atoms with Crippen LogP contribution in [-0.2, 0) is 4.79 Å². The van der Waals surface area contributed by atoms with Gasteiger partial charge in [0.05, 0.1) is 0 Å². The van der Waals surface area contributed by atoms with Crippen molar-refractivity contribution in [3.8, 4) is 0 Å². The van der Waals surface area contributed by atoms with Crippen LogP contribution in [0, 0.1) is 0 Å². The van der Waals surface area contributed by atoms with Crippen molar-refractivity contribution >= 4 is 11.8 Å². The summed E-state index contributed by atoms with van der Waals surface area (Å²) in [7, 11) is 0. The van der Waals surface area contributed by atoms with E-state index in [2.05, 4.69) is 10.6 Å². The minimum atomic E-state index is -4.43. The second-order valence-electron chi connectivity index (χ2n) is 7.11. The number of likely N-dealkylation sites (tertiary alicyclic amines) is 1. The first kappa shape index (κ1) is 20.6. The van der Waals surface area contributed by atoms with Gasteiger partial charge in [-0.25, -0.2) is 0 Å². The van der Waals surface area contributed by atoms with Crippen molar-refractivity contribution in [1.82, 2.24) is 20.4 Å². The molecule has 0 spiro atoms. The predicted molar refractivity (Wildman–Crippen MR) is 97.8 cm³/mol. The van der Waals surface area contributed by atoms with Crippen LogP contribution in [0.3, 0.4) is 0 Å². The number of alkyl halides is 3. The molecule has 0 saturated carbocycles. The SMILES string of the molecule is O=C(NCC(N1CCNCC1)C(F)(F)F)C1CCCN1C(=O)c1ccccc1. The Morgan fingerprint density at radius 3 is 2.46 bits per heavy atom. The Hall–Kier alpha value is -2.13. The number of nitrogens with one attached hydrogen (secondary N) is 2. The maximum absolute atomic E-state index is 13.5. The van der Waals surface area contributed by atoms with E-state index in [1.165, 1.54) is 9.80 Å². The number of piperazine rings is 1. The molecule has 6 nitrogen and oxygen atoms in total. The number of amides is 2. The van der Waals surface area contributed by atoms with Crippen LogP contribution in [0.1, 0.15) is 23.2 Å². The van der Waals surface area contributed by atoms with E-state index in [0.717, 1.165) is 0 Å². The van der Waals surface area contributed by atoms with Gasteiger partial charge in [-0.3, -0.25) is 14.5 Å². The number of rotatable bonds is 5. The van der Waals surface area contributed by atoms with Crippen molar-refractivity contribution in [3.63, 3.8) is 0 Å². The minimum absolute atomic E-state index is 0.271. The van der Waals surface area contributed by atoms with Crippen LogP contribution in [0.15, 0.2) is 30.3 Å². The Morgan fingerprint density at radius 2 is 1.82 bits per heavy atom. The Balaban J connectivity index is 1.63. The monoisotopic (exact) mass is 398 g/mol. The summed E-state index contributed by atoms with van der Waals surface area (Å²) in [4.78, 5) is 28.1. The number of benzene rings is 1. The molecule has 2 aliphatic rings. The number of hydrogen-bond acceptors (Lipinski definition) is 4. The molecule has 2 atom stereocenters. The summed E-state index contributed by atoms with van der Waals surface area (Å²) in [6, 6.07) is 6.14. The molecule has 9 heteroatoms. The largest absolute Gasteiger partial charge is 0.405 e. The van der Waals surface area contributed by atoms with Crippen molar-refractivity contribution in [3.05, 3.63) is 35.9 Å². The highest BCUT2D eigenvalue weighted by molar-refractivity contribution is 5.97. The first-order valence-electron chi connectivity index (χ1n) is 9.53. The highest BCUT2D eigenvalue weighted by Gasteiger charge is 2.44. The highest BCUT2D eigenvalue weighted by atomic mass is 19.4. The summed E-state index contributed by atoms with van der Waals surface area (Å²) in [6.07, 6.45) is -3.33. The van der Waals surface area contributed by atoms with Crippen molar-refractivity contribution in [2.24, 2.45) is 0 Å². The number of carbonyl (C=O) groups is 2. The van der Waals surface area contributed by atoms with Crippen LogP contribution in [0.4, 0.5) is 13.2 Å². The van der Waals surface area contributed by atoms with E-state index in [1.807, 2.05) is 0 Å². The van der Waals surface area contributed by atoms with Gasteiger partial charge in [-0.15, -0.1) is 0 Å². The Morgan fingerprint density at radius 1 is 1.14 bits per heavy atom. The molecule has 1 aromatic rings. The normalized spacial score (nSPS) is 22.1. The number of hydrogen-bond donors (Lipinski definition) is 2. The third-order valence-electron chi connectivity index (χ3n) is 5.28. The van der Waals surface area contributed by atoms with E-state index in [1.54, 1.807) is 30.3 Å². The van der Waals surface area contributed by atoms with Crippen molar-refractivity contribution in [1.29, 1.82) is 0 Å². The fourth-order valence-corrected chi connectivity index (χ4v) is 3.79. The zero-order chi connectivity index (χ0) is 20.1. The fraction of sp³-hybridized carbons (Fsp3) is 0.579. The second kappa shape index (κ2) is 8.91. The standard InChI is InChI=1S/C19H25F3N4O2/c20-19(21,22)16(25-11-8-23-9-12-25)13-24-17(27)15-7-4-10-26(15)18(28)14-5-2-1-3-6-14/h1-3,5-6,15-16,23H,4,7-13H2,(H,24,27). The molecule has 0 aliphatic carbocycles. The topological polar surface area (TPSA) is 64.7 Å². The van der Waals surface area contributed by atoms with E-state index < -0.39 is 30.7 Å². The molecule has 2 N–H and O–H groups in total. The highest BCUT2D eigenvalue weighted by Crippen LogP contribution is 2.25. The molecule has 2 heterocycles. The third kappa shape index (κ3) is 4.82. The van der Waals surface area contributed by atoms with Crippen LogP contribution < -0.4 is 10.6 Å². The summed E-state index contributed by atoms with van der Waals surface area (Å²) in [5, 5.41) is 5.47. The quantitative estimate of drug-likeness (QED) is 0.784. The number of nitrogens with zero attached hydrogens (tertiary/aromatic N) is 2. The molecule has 2 fully saturated rings. The molecule has 0 bridgehead atoms. The first-order valence-corrected chi connectivity index (χ1v) is 9.53. The summed E-state index contributed by atoms with van der Waals surface area (Å²) < 4.78 is 40.4. The van der Waals surface area contributed by atoms with E-state index in [0.29, 0.717) is 38.0 Å². The lowest BCUT2D eigenvalue weighted by Gasteiger charge is -2.36. The molecule has 2 saturated heterocycles. The zero-order valence-electron chi connectivity index (χ0n) is 15.5. The molecule has 28 heavy (non-hydrogen) atoms. The third-order valence-corrected chi connectivity index (χ3v) is 5.28. The van der Waals surface area contributed by atoms with Gasteiger partial charge in [-0.05, 0) is 25.0 Å². The smallest absolute Gasteiger partial charge is 0.352 e. The summed E-state index contributed by atoms with van der Waals surface area (Å²) in [5.74, 6) is -0.793. The lowest BCUT2D eigenvalue weighted by molar-refractivity contribution is -0.184. The fourth-order valence-electron chi connectivity index (χ4n) is 3.79. The maximum atomic E-state index is 13.5. The molecule has 0 aromatic heterocycles. The number of carbonyl (C=O) groups excluding carboxylic acids is 2. The average Bonchev–Trinajstić information content (AvgIpc) is 3.18. The summed E-state index contributed by atoms with van der Waals surface area (Å²) >= 11 is 0. The van der Waals surface area contributed by atoms with E-state index in [4.69, 9.17) is 0 Å². The molecule has 3 rings (SSSR count). The van der Waals surface area contributed by atoms with Gasteiger partial charge < -0.3 is 15.5 Å². The molecule has 2 amide bonds. The molecule has 154 valence electrons. The van der Waals surface area contributed by atoms with Gasteiger partial charge in [0, 0.05) is 44.8 Å². The summed E-state index contributed by atoms with van der Waals surface area (Å²) in [6.45, 7) is 1.45.